The molecule has 0 saturated heterocycles. The van der Waals surface area contributed by atoms with Crippen LogP contribution in [0.15, 0.2) is 72.8 Å². The molecule has 0 atom stereocenters. The van der Waals surface area contributed by atoms with Crippen LogP contribution >= 0.6 is 0 Å². The van der Waals surface area contributed by atoms with Crippen LogP contribution in [-0.4, -0.2) is 0 Å². The predicted molar refractivity (Wildman–Crippen MR) is 91.1 cm³/mol. The molecule has 0 aliphatic carbocycles. The molecule has 0 spiro atoms. The van der Waals surface area contributed by atoms with Crippen molar-refractivity contribution in [2.45, 2.75) is 13.8 Å². The third kappa shape index (κ3) is 2.97. The fourth-order valence-electron chi connectivity index (χ4n) is 2.43. The molecule has 0 fully saturated rings. The molecule has 3 aromatic carbocycles. The standard InChI is InChI=1S/C20H19N/c1-15-8-6-7-11-19(15)21-20-14-18(13-12-16(20)2)17-9-4-3-5-10-17/h3-14,21H,1-2H3. The average molecular weight is 273 g/mol. The highest BCUT2D eigenvalue weighted by atomic mass is 14.9. The van der Waals surface area contributed by atoms with E-state index in [1.54, 1.807) is 0 Å². The Morgan fingerprint density at radius 2 is 1.24 bits per heavy atom. The summed E-state index contributed by atoms with van der Waals surface area (Å²) >= 11 is 0. The molecule has 0 radical (unpaired) electrons. The van der Waals surface area contributed by atoms with E-state index in [0.29, 0.717) is 0 Å². The monoisotopic (exact) mass is 273 g/mol. The first kappa shape index (κ1) is 13.4. The van der Waals surface area contributed by atoms with E-state index in [1.807, 2.05) is 6.07 Å². The van der Waals surface area contributed by atoms with Gasteiger partial charge in [-0.2, -0.15) is 0 Å². The van der Waals surface area contributed by atoms with E-state index < -0.39 is 0 Å². The minimum atomic E-state index is 1.16. The van der Waals surface area contributed by atoms with E-state index in [4.69, 9.17) is 0 Å². The van der Waals surface area contributed by atoms with Crippen molar-refractivity contribution in [3.63, 3.8) is 0 Å². The lowest BCUT2D eigenvalue weighted by Gasteiger charge is -2.13. The van der Waals surface area contributed by atoms with Crippen LogP contribution in [0.3, 0.4) is 0 Å². The van der Waals surface area contributed by atoms with Gasteiger partial charge < -0.3 is 5.32 Å². The molecule has 3 aromatic rings. The molecule has 0 saturated carbocycles. The van der Waals surface area contributed by atoms with Gasteiger partial charge >= 0.3 is 0 Å². The zero-order valence-electron chi connectivity index (χ0n) is 12.4. The topological polar surface area (TPSA) is 12.0 Å². The van der Waals surface area contributed by atoms with Crippen LogP contribution < -0.4 is 5.32 Å². The summed E-state index contributed by atoms with van der Waals surface area (Å²) in [5.41, 5.74) is 7.29. The molecule has 0 heterocycles. The van der Waals surface area contributed by atoms with Gasteiger partial charge in [-0.15, -0.1) is 0 Å². The zero-order valence-corrected chi connectivity index (χ0v) is 12.4. The van der Waals surface area contributed by atoms with E-state index in [0.717, 1.165) is 11.4 Å². The molecule has 1 N–H and O–H groups in total. The average Bonchev–Trinajstić information content (AvgIpc) is 2.52. The maximum Gasteiger partial charge on any atom is 0.0420 e. The molecule has 0 unspecified atom stereocenters. The van der Waals surface area contributed by atoms with Crippen molar-refractivity contribution in [2.75, 3.05) is 5.32 Å². The van der Waals surface area contributed by atoms with Gasteiger partial charge in [0.05, 0.1) is 0 Å². The lowest BCUT2D eigenvalue weighted by atomic mass is 10.0. The Labute approximate surface area is 126 Å². The van der Waals surface area contributed by atoms with Crippen molar-refractivity contribution in [2.24, 2.45) is 0 Å². The van der Waals surface area contributed by atoms with Gasteiger partial charge in [0, 0.05) is 11.4 Å². The summed E-state index contributed by atoms with van der Waals surface area (Å²) in [6, 6.07) is 25.4. The lowest BCUT2D eigenvalue weighted by Crippen LogP contribution is -1.95. The van der Waals surface area contributed by atoms with Crippen LogP contribution in [0.25, 0.3) is 11.1 Å². The van der Waals surface area contributed by atoms with Crippen molar-refractivity contribution in [1.82, 2.24) is 0 Å². The number of benzene rings is 3. The van der Waals surface area contributed by atoms with Gasteiger partial charge in [-0.1, -0.05) is 60.7 Å². The summed E-state index contributed by atoms with van der Waals surface area (Å²) in [6.07, 6.45) is 0. The zero-order chi connectivity index (χ0) is 14.7. The molecular weight excluding hydrogens is 254 g/mol. The van der Waals surface area contributed by atoms with Crippen molar-refractivity contribution in [3.05, 3.63) is 83.9 Å². The maximum absolute atomic E-state index is 3.55. The maximum atomic E-state index is 3.55. The first-order valence-corrected chi connectivity index (χ1v) is 7.23. The van der Waals surface area contributed by atoms with Crippen LogP contribution in [0.5, 0.6) is 0 Å². The molecule has 0 bridgehead atoms. The number of rotatable bonds is 3. The first-order valence-electron chi connectivity index (χ1n) is 7.23. The van der Waals surface area contributed by atoms with Gasteiger partial charge in [0.15, 0.2) is 0 Å². The van der Waals surface area contributed by atoms with Crippen LogP contribution in [0.2, 0.25) is 0 Å². The number of aryl methyl sites for hydroxylation is 2. The highest BCUT2D eigenvalue weighted by Crippen LogP contribution is 2.28. The summed E-state index contributed by atoms with van der Waals surface area (Å²) in [6.45, 7) is 4.26. The highest BCUT2D eigenvalue weighted by molar-refractivity contribution is 5.73. The second-order valence-corrected chi connectivity index (χ2v) is 5.34. The number of para-hydroxylation sites is 1. The molecule has 104 valence electrons. The molecule has 0 aliphatic heterocycles. The Kier molecular flexibility index (Phi) is 3.74. The third-order valence-corrected chi connectivity index (χ3v) is 3.76. The Morgan fingerprint density at radius 3 is 2.00 bits per heavy atom. The number of hydrogen-bond acceptors (Lipinski definition) is 1. The summed E-state index contributed by atoms with van der Waals surface area (Å²) in [5.74, 6) is 0. The smallest absolute Gasteiger partial charge is 0.0420 e. The van der Waals surface area contributed by atoms with E-state index in [-0.39, 0.29) is 0 Å². The second kappa shape index (κ2) is 5.84. The normalized spacial score (nSPS) is 10.4. The van der Waals surface area contributed by atoms with Crippen molar-refractivity contribution in [3.8, 4) is 11.1 Å². The number of nitrogens with one attached hydrogen (secondary N) is 1. The van der Waals surface area contributed by atoms with E-state index in [1.165, 1.54) is 22.3 Å². The molecule has 1 nitrogen and oxygen atoms in total. The predicted octanol–water partition coefficient (Wildman–Crippen LogP) is 5.71. The minimum Gasteiger partial charge on any atom is -0.355 e. The Balaban J connectivity index is 1.98. The summed E-state index contributed by atoms with van der Waals surface area (Å²) in [7, 11) is 0. The fraction of sp³-hybridized carbons (Fsp3) is 0.100. The van der Waals surface area contributed by atoms with Gasteiger partial charge in [0.25, 0.3) is 0 Å². The lowest BCUT2D eigenvalue weighted by molar-refractivity contribution is 1.39. The largest absolute Gasteiger partial charge is 0.355 e. The summed E-state index contributed by atoms with van der Waals surface area (Å²) in [5, 5.41) is 3.55. The van der Waals surface area contributed by atoms with Gasteiger partial charge in [-0.3, -0.25) is 0 Å². The first-order chi connectivity index (χ1) is 10.2. The van der Waals surface area contributed by atoms with Gasteiger partial charge in [-0.05, 0) is 48.2 Å². The van der Waals surface area contributed by atoms with Crippen molar-refractivity contribution in [1.29, 1.82) is 0 Å². The number of hydrogen-bond donors (Lipinski definition) is 1. The Morgan fingerprint density at radius 1 is 0.571 bits per heavy atom. The van der Waals surface area contributed by atoms with Crippen LogP contribution in [0.1, 0.15) is 11.1 Å². The fourth-order valence-corrected chi connectivity index (χ4v) is 2.43. The minimum absolute atomic E-state index is 1.16. The number of anilines is 2. The quantitative estimate of drug-likeness (QED) is 0.644. The molecule has 3 rings (SSSR count). The van der Waals surface area contributed by atoms with Crippen molar-refractivity contribution < 1.29 is 0 Å². The Hall–Kier alpha value is -2.54. The van der Waals surface area contributed by atoms with E-state index in [2.05, 4.69) is 85.9 Å². The summed E-state index contributed by atoms with van der Waals surface area (Å²) in [4.78, 5) is 0. The Bertz CT molecular complexity index is 745. The van der Waals surface area contributed by atoms with Gasteiger partial charge in [0.1, 0.15) is 0 Å². The molecular formula is C20H19N. The van der Waals surface area contributed by atoms with Gasteiger partial charge in [-0.25, -0.2) is 0 Å². The summed E-state index contributed by atoms with van der Waals surface area (Å²) < 4.78 is 0. The molecule has 0 aliphatic rings. The molecule has 0 aromatic heterocycles. The van der Waals surface area contributed by atoms with Gasteiger partial charge in [0.2, 0.25) is 0 Å². The third-order valence-electron chi connectivity index (χ3n) is 3.76. The highest BCUT2D eigenvalue weighted by Gasteiger charge is 2.04. The molecule has 21 heavy (non-hydrogen) atoms. The SMILES string of the molecule is Cc1ccccc1Nc1cc(-c2ccccc2)ccc1C. The van der Waals surface area contributed by atoms with Crippen molar-refractivity contribution >= 4 is 11.4 Å². The van der Waals surface area contributed by atoms with E-state index in [9.17, 15) is 0 Å². The van der Waals surface area contributed by atoms with Crippen LogP contribution in [0.4, 0.5) is 11.4 Å². The van der Waals surface area contributed by atoms with Crippen LogP contribution in [0, 0.1) is 13.8 Å². The second-order valence-electron chi connectivity index (χ2n) is 5.34. The molecule has 1 heteroatoms. The molecule has 0 amide bonds. The van der Waals surface area contributed by atoms with Crippen LogP contribution in [-0.2, 0) is 0 Å². The van der Waals surface area contributed by atoms with E-state index >= 15 is 0 Å².